The highest BCUT2D eigenvalue weighted by Crippen LogP contribution is 2.31. The number of fused-ring (bicyclic) bond motifs is 1. The summed E-state index contributed by atoms with van der Waals surface area (Å²) in [4.78, 5) is 29.4. The standard InChI is InChI=1S/C25H24FN5O3S/c26-17-9-11-18(12-10-17)31(23(32)16-30-21-7-2-1-6-20(21)28-29-30)24(22-8-4-14-35-22)25(33)27-15-19-5-3-13-34-19/h1-2,4,6-12,14,19,24H,3,5,13,15-16H2,(H,27,33)/t19-,24+/m0/s1. The number of anilines is 1. The van der Waals surface area contributed by atoms with Crippen LogP contribution >= 0.6 is 11.3 Å². The zero-order valence-corrected chi connectivity index (χ0v) is 19.7. The highest BCUT2D eigenvalue weighted by atomic mass is 32.1. The lowest BCUT2D eigenvalue weighted by Gasteiger charge is -2.31. The average molecular weight is 494 g/mol. The molecule has 1 N–H and O–H groups in total. The Hall–Kier alpha value is -3.63. The van der Waals surface area contributed by atoms with Crippen molar-refractivity contribution in [2.24, 2.45) is 0 Å². The number of amides is 2. The molecule has 2 atom stereocenters. The van der Waals surface area contributed by atoms with Crippen LogP contribution in [0, 0.1) is 5.82 Å². The fraction of sp³-hybridized carbons (Fsp3) is 0.280. The molecule has 0 unspecified atom stereocenters. The maximum Gasteiger partial charge on any atom is 0.249 e. The summed E-state index contributed by atoms with van der Waals surface area (Å²) in [5.74, 6) is -1.14. The van der Waals surface area contributed by atoms with Gasteiger partial charge in [-0.3, -0.25) is 14.5 Å². The second kappa shape index (κ2) is 10.3. The van der Waals surface area contributed by atoms with Crippen molar-refractivity contribution in [2.45, 2.75) is 31.5 Å². The second-order valence-electron chi connectivity index (χ2n) is 8.27. The number of hydrogen-bond donors (Lipinski definition) is 1. The molecule has 1 aliphatic heterocycles. The van der Waals surface area contributed by atoms with Crippen molar-refractivity contribution in [3.8, 4) is 0 Å². The first-order valence-electron chi connectivity index (χ1n) is 11.4. The molecule has 35 heavy (non-hydrogen) atoms. The van der Waals surface area contributed by atoms with Crippen LogP contribution in [0.1, 0.15) is 23.8 Å². The molecule has 0 saturated carbocycles. The molecule has 8 nitrogen and oxygen atoms in total. The zero-order valence-electron chi connectivity index (χ0n) is 18.8. The Morgan fingerprint density at radius 2 is 2.00 bits per heavy atom. The number of nitrogens with zero attached hydrogens (tertiary/aromatic N) is 4. The Bertz CT molecular complexity index is 1300. The fourth-order valence-electron chi connectivity index (χ4n) is 4.21. The molecule has 0 aliphatic carbocycles. The summed E-state index contributed by atoms with van der Waals surface area (Å²) in [6, 6.07) is 15.6. The first kappa shape index (κ1) is 23.1. The van der Waals surface area contributed by atoms with E-state index in [0.717, 1.165) is 12.8 Å². The number of ether oxygens (including phenoxy) is 1. The largest absolute Gasteiger partial charge is 0.376 e. The SMILES string of the molecule is O=C(NC[C@@H]1CCCO1)[C@@H](c1cccs1)N(C(=O)Cn1nnc2ccccc21)c1ccc(F)cc1. The number of carbonyl (C=O) groups excluding carboxylic acids is 2. The Morgan fingerprint density at radius 1 is 1.17 bits per heavy atom. The van der Waals surface area contributed by atoms with E-state index >= 15 is 0 Å². The highest BCUT2D eigenvalue weighted by molar-refractivity contribution is 7.10. The lowest BCUT2D eigenvalue weighted by molar-refractivity contribution is -0.127. The van der Waals surface area contributed by atoms with Crippen LogP contribution in [0.15, 0.2) is 66.0 Å². The zero-order chi connectivity index (χ0) is 24.2. The lowest BCUT2D eigenvalue weighted by atomic mass is 10.1. The van der Waals surface area contributed by atoms with E-state index in [4.69, 9.17) is 4.74 Å². The molecular formula is C25H24FN5O3S. The summed E-state index contributed by atoms with van der Waals surface area (Å²) in [5, 5.41) is 13.1. The number of thiophene rings is 1. The van der Waals surface area contributed by atoms with Crippen molar-refractivity contribution in [1.82, 2.24) is 20.3 Å². The van der Waals surface area contributed by atoms with E-state index < -0.39 is 11.9 Å². The first-order chi connectivity index (χ1) is 17.1. The first-order valence-corrected chi connectivity index (χ1v) is 12.3. The summed E-state index contributed by atoms with van der Waals surface area (Å²) in [7, 11) is 0. The van der Waals surface area contributed by atoms with Gasteiger partial charge >= 0.3 is 0 Å². The van der Waals surface area contributed by atoms with Crippen LogP contribution in [0.25, 0.3) is 11.0 Å². The van der Waals surface area contributed by atoms with Crippen molar-refractivity contribution in [2.75, 3.05) is 18.1 Å². The maximum atomic E-state index is 13.8. The third-order valence-electron chi connectivity index (χ3n) is 5.93. The van der Waals surface area contributed by atoms with Gasteiger partial charge in [0.2, 0.25) is 11.8 Å². The quantitative estimate of drug-likeness (QED) is 0.404. The minimum atomic E-state index is -0.941. The average Bonchev–Trinajstić information content (AvgIpc) is 3.65. The molecule has 4 aromatic rings. The molecule has 0 bridgehead atoms. The molecule has 5 rings (SSSR count). The van der Waals surface area contributed by atoms with Gasteiger partial charge in [0, 0.05) is 23.7 Å². The van der Waals surface area contributed by atoms with Gasteiger partial charge in [-0.25, -0.2) is 9.07 Å². The van der Waals surface area contributed by atoms with E-state index in [1.165, 1.54) is 45.2 Å². The van der Waals surface area contributed by atoms with Gasteiger partial charge in [-0.1, -0.05) is 23.4 Å². The summed E-state index contributed by atoms with van der Waals surface area (Å²) in [5.41, 5.74) is 1.78. The molecule has 1 saturated heterocycles. The Kier molecular flexibility index (Phi) is 6.82. The van der Waals surface area contributed by atoms with Crippen LogP contribution < -0.4 is 10.2 Å². The van der Waals surface area contributed by atoms with Gasteiger partial charge in [0.15, 0.2) is 0 Å². The Morgan fingerprint density at radius 3 is 2.74 bits per heavy atom. The predicted octanol–water partition coefficient (Wildman–Crippen LogP) is 3.70. The number of nitrogens with one attached hydrogen (secondary N) is 1. The van der Waals surface area contributed by atoms with E-state index in [1.54, 1.807) is 0 Å². The van der Waals surface area contributed by atoms with E-state index in [0.29, 0.717) is 34.7 Å². The molecule has 1 aliphatic rings. The molecule has 2 aromatic carbocycles. The van der Waals surface area contributed by atoms with E-state index in [2.05, 4.69) is 15.6 Å². The van der Waals surface area contributed by atoms with Crippen LogP contribution in [0.2, 0.25) is 0 Å². The van der Waals surface area contributed by atoms with Gasteiger partial charge in [0.25, 0.3) is 0 Å². The Balaban J connectivity index is 1.49. The molecule has 3 heterocycles. The number of aromatic nitrogens is 3. The van der Waals surface area contributed by atoms with E-state index in [-0.39, 0.29) is 24.5 Å². The van der Waals surface area contributed by atoms with Gasteiger partial charge in [-0.05, 0) is 60.7 Å². The van der Waals surface area contributed by atoms with E-state index in [1.807, 2.05) is 41.8 Å². The molecule has 10 heteroatoms. The fourth-order valence-corrected chi connectivity index (χ4v) is 5.03. The molecular weight excluding hydrogens is 469 g/mol. The maximum absolute atomic E-state index is 13.8. The molecule has 180 valence electrons. The smallest absolute Gasteiger partial charge is 0.249 e. The van der Waals surface area contributed by atoms with Gasteiger partial charge in [0.05, 0.1) is 11.6 Å². The molecule has 0 spiro atoms. The van der Waals surface area contributed by atoms with Crippen molar-refractivity contribution < 1.29 is 18.7 Å². The Labute approximate surface area is 205 Å². The third-order valence-corrected chi connectivity index (χ3v) is 6.85. The molecule has 1 fully saturated rings. The van der Waals surface area contributed by atoms with Crippen LogP contribution in [-0.2, 0) is 20.9 Å². The summed E-state index contributed by atoms with van der Waals surface area (Å²) in [6.07, 6.45) is 1.80. The number of para-hydroxylation sites is 1. The lowest BCUT2D eigenvalue weighted by Crippen LogP contribution is -2.46. The normalized spacial score (nSPS) is 16.3. The minimum absolute atomic E-state index is 0.0422. The number of carbonyl (C=O) groups is 2. The predicted molar refractivity (Wildman–Crippen MR) is 130 cm³/mol. The number of halogens is 1. The topological polar surface area (TPSA) is 89.4 Å². The molecule has 0 radical (unpaired) electrons. The van der Waals surface area contributed by atoms with Crippen molar-refractivity contribution in [1.29, 1.82) is 0 Å². The van der Waals surface area contributed by atoms with Crippen LogP contribution in [0.3, 0.4) is 0 Å². The monoisotopic (exact) mass is 493 g/mol. The van der Waals surface area contributed by atoms with Crippen molar-refractivity contribution in [3.63, 3.8) is 0 Å². The van der Waals surface area contributed by atoms with Gasteiger partial charge < -0.3 is 10.1 Å². The van der Waals surface area contributed by atoms with Crippen molar-refractivity contribution in [3.05, 3.63) is 76.7 Å². The molecule has 2 aromatic heterocycles. The van der Waals surface area contributed by atoms with Gasteiger partial charge in [-0.2, -0.15) is 0 Å². The molecule has 2 amide bonds. The second-order valence-corrected chi connectivity index (χ2v) is 9.25. The third kappa shape index (κ3) is 5.08. The van der Waals surface area contributed by atoms with Crippen LogP contribution in [0.4, 0.5) is 10.1 Å². The highest BCUT2D eigenvalue weighted by Gasteiger charge is 2.34. The van der Waals surface area contributed by atoms with Gasteiger partial charge in [0.1, 0.15) is 23.9 Å². The summed E-state index contributed by atoms with van der Waals surface area (Å²) in [6.45, 7) is 0.902. The number of rotatable bonds is 8. The van der Waals surface area contributed by atoms with Crippen molar-refractivity contribution >= 4 is 39.9 Å². The minimum Gasteiger partial charge on any atom is -0.376 e. The summed E-state index contributed by atoms with van der Waals surface area (Å²) >= 11 is 1.38. The van der Waals surface area contributed by atoms with Crippen LogP contribution in [-0.4, -0.2) is 46.1 Å². The van der Waals surface area contributed by atoms with Crippen LogP contribution in [0.5, 0.6) is 0 Å². The van der Waals surface area contributed by atoms with Gasteiger partial charge in [-0.15, -0.1) is 16.4 Å². The number of benzene rings is 2. The number of hydrogen-bond acceptors (Lipinski definition) is 6. The van der Waals surface area contributed by atoms with E-state index in [9.17, 15) is 14.0 Å². The summed E-state index contributed by atoms with van der Waals surface area (Å²) < 4.78 is 20.9.